The van der Waals surface area contributed by atoms with Crippen LogP contribution in [0.15, 0.2) is 0 Å². The molecule has 1 radical (unpaired) electrons. The van der Waals surface area contributed by atoms with Gasteiger partial charge in [0.15, 0.2) is 6.29 Å². The molecule has 0 unspecified atom stereocenters. The lowest BCUT2D eigenvalue weighted by atomic mass is 10.2. The van der Waals surface area contributed by atoms with E-state index in [1.165, 1.54) is 0 Å². The average molecular weight is 157 g/mol. The van der Waals surface area contributed by atoms with E-state index in [0.29, 0.717) is 25.9 Å². The summed E-state index contributed by atoms with van der Waals surface area (Å²) in [6.45, 7) is 2.20. The molecule has 0 aromatic heterocycles. The second-order valence-electron chi connectivity index (χ2n) is 2.16. The van der Waals surface area contributed by atoms with E-state index in [-0.39, 0.29) is 5.97 Å². The van der Waals surface area contributed by atoms with E-state index in [2.05, 4.69) is 4.74 Å². The Hall–Kier alpha value is -0.860. The highest BCUT2D eigenvalue weighted by molar-refractivity contribution is 5.69. The largest absolute Gasteiger partial charge is 0.466 e. The Labute approximate surface area is 66.7 Å². The van der Waals surface area contributed by atoms with Crippen LogP contribution in [0.3, 0.4) is 0 Å². The molecule has 3 nitrogen and oxygen atoms in total. The number of rotatable bonds is 6. The molecule has 0 bridgehead atoms. The molecular formula is C8H13O3. The number of ether oxygens (including phenoxy) is 1. The van der Waals surface area contributed by atoms with E-state index in [9.17, 15) is 9.59 Å². The highest BCUT2D eigenvalue weighted by Crippen LogP contribution is 1.99. The van der Waals surface area contributed by atoms with E-state index < -0.39 is 0 Å². The van der Waals surface area contributed by atoms with Gasteiger partial charge in [-0.1, -0.05) is 0 Å². The first-order chi connectivity index (χ1) is 5.31. The molecule has 0 saturated carbocycles. The van der Waals surface area contributed by atoms with Crippen LogP contribution in [0, 0.1) is 0 Å². The second-order valence-corrected chi connectivity index (χ2v) is 2.16. The van der Waals surface area contributed by atoms with Crippen LogP contribution in [-0.2, 0) is 14.3 Å². The van der Waals surface area contributed by atoms with Crippen molar-refractivity contribution < 1.29 is 14.3 Å². The minimum Gasteiger partial charge on any atom is -0.466 e. The van der Waals surface area contributed by atoms with Gasteiger partial charge in [0.25, 0.3) is 0 Å². The van der Waals surface area contributed by atoms with Crippen molar-refractivity contribution in [1.29, 1.82) is 0 Å². The third-order valence-electron chi connectivity index (χ3n) is 1.22. The lowest BCUT2D eigenvalue weighted by Crippen LogP contribution is -2.03. The maximum absolute atomic E-state index is 10.7. The molecule has 0 aliphatic rings. The molecular weight excluding hydrogens is 144 g/mol. The quantitative estimate of drug-likeness (QED) is 0.430. The van der Waals surface area contributed by atoms with Gasteiger partial charge in [-0.2, -0.15) is 0 Å². The Balaban J connectivity index is 3.10. The van der Waals surface area contributed by atoms with Gasteiger partial charge in [-0.15, -0.1) is 0 Å². The SMILES string of the molecule is CCOC(=O)CCCC[C]=O. The summed E-state index contributed by atoms with van der Waals surface area (Å²) in [4.78, 5) is 20.4. The van der Waals surface area contributed by atoms with Crippen molar-refractivity contribution in [3.8, 4) is 0 Å². The summed E-state index contributed by atoms with van der Waals surface area (Å²) in [7, 11) is 0. The molecule has 0 amide bonds. The molecule has 0 aliphatic heterocycles. The highest BCUT2D eigenvalue weighted by atomic mass is 16.5. The lowest BCUT2D eigenvalue weighted by molar-refractivity contribution is -0.143. The molecule has 63 valence electrons. The number of unbranched alkanes of at least 4 members (excludes halogenated alkanes) is 2. The molecule has 0 spiro atoms. The maximum Gasteiger partial charge on any atom is 0.305 e. The van der Waals surface area contributed by atoms with Crippen LogP contribution in [0.1, 0.15) is 32.6 Å². The summed E-state index contributed by atoms with van der Waals surface area (Å²) < 4.78 is 4.68. The van der Waals surface area contributed by atoms with Gasteiger partial charge in [-0.05, 0) is 19.8 Å². The summed E-state index contributed by atoms with van der Waals surface area (Å²) in [5, 5.41) is 0. The van der Waals surface area contributed by atoms with Gasteiger partial charge in [-0.3, -0.25) is 9.59 Å². The third-order valence-corrected chi connectivity index (χ3v) is 1.22. The molecule has 0 aromatic rings. The van der Waals surface area contributed by atoms with Crippen molar-refractivity contribution >= 4 is 12.3 Å². The normalized spacial score (nSPS) is 9.18. The summed E-state index contributed by atoms with van der Waals surface area (Å²) in [5.41, 5.74) is 0. The monoisotopic (exact) mass is 157 g/mol. The first-order valence-corrected chi connectivity index (χ1v) is 3.82. The molecule has 0 aromatic carbocycles. The van der Waals surface area contributed by atoms with Crippen LogP contribution in [0.2, 0.25) is 0 Å². The van der Waals surface area contributed by atoms with Crippen molar-refractivity contribution in [2.75, 3.05) is 6.61 Å². The van der Waals surface area contributed by atoms with Crippen LogP contribution in [0.4, 0.5) is 0 Å². The van der Waals surface area contributed by atoms with Crippen LogP contribution >= 0.6 is 0 Å². The van der Waals surface area contributed by atoms with Gasteiger partial charge in [0, 0.05) is 12.8 Å². The highest BCUT2D eigenvalue weighted by Gasteiger charge is 1.99. The number of hydrogen-bond donors (Lipinski definition) is 0. The van der Waals surface area contributed by atoms with Gasteiger partial charge in [0.1, 0.15) is 0 Å². The second kappa shape index (κ2) is 7.25. The molecule has 0 saturated heterocycles. The van der Waals surface area contributed by atoms with E-state index in [1.807, 2.05) is 0 Å². The summed E-state index contributed by atoms with van der Waals surface area (Å²) in [6.07, 6.45) is 4.04. The van der Waals surface area contributed by atoms with Crippen molar-refractivity contribution in [1.82, 2.24) is 0 Å². The van der Waals surface area contributed by atoms with Crippen molar-refractivity contribution in [2.45, 2.75) is 32.6 Å². The summed E-state index contributed by atoms with van der Waals surface area (Å²) in [6, 6.07) is 0. The summed E-state index contributed by atoms with van der Waals surface area (Å²) in [5.74, 6) is -0.182. The predicted octanol–water partition coefficient (Wildman–Crippen LogP) is 1.22. The fraction of sp³-hybridized carbons (Fsp3) is 0.750. The third kappa shape index (κ3) is 7.03. The Morgan fingerprint density at radius 3 is 2.73 bits per heavy atom. The molecule has 0 N–H and O–H groups in total. The molecule has 3 heteroatoms. The molecule has 0 rings (SSSR count). The number of carbonyl (C=O) groups excluding carboxylic acids is 2. The Bertz CT molecular complexity index is 121. The van der Waals surface area contributed by atoms with Gasteiger partial charge in [0.05, 0.1) is 6.61 Å². The zero-order valence-electron chi connectivity index (χ0n) is 6.76. The minimum absolute atomic E-state index is 0.182. The number of hydrogen-bond acceptors (Lipinski definition) is 3. The number of esters is 1. The number of carbonyl (C=O) groups is 1. The fourth-order valence-corrected chi connectivity index (χ4v) is 0.700. The Kier molecular flexibility index (Phi) is 6.68. The van der Waals surface area contributed by atoms with Crippen LogP contribution in [0.25, 0.3) is 0 Å². The van der Waals surface area contributed by atoms with Crippen molar-refractivity contribution in [3.63, 3.8) is 0 Å². The van der Waals surface area contributed by atoms with E-state index >= 15 is 0 Å². The zero-order valence-corrected chi connectivity index (χ0v) is 6.76. The van der Waals surface area contributed by atoms with Gasteiger partial charge < -0.3 is 4.74 Å². The molecule has 0 heterocycles. The predicted molar refractivity (Wildman–Crippen MR) is 40.8 cm³/mol. The van der Waals surface area contributed by atoms with Crippen LogP contribution < -0.4 is 0 Å². The van der Waals surface area contributed by atoms with E-state index in [4.69, 9.17) is 0 Å². The smallest absolute Gasteiger partial charge is 0.305 e. The van der Waals surface area contributed by atoms with Crippen molar-refractivity contribution in [3.05, 3.63) is 0 Å². The molecule has 0 fully saturated rings. The van der Waals surface area contributed by atoms with Gasteiger partial charge >= 0.3 is 5.97 Å². The maximum atomic E-state index is 10.7. The first-order valence-electron chi connectivity index (χ1n) is 3.82. The fourth-order valence-electron chi connectivity index (χ4n) is 0.700. The molecule has 0 atom stereocenters. The Morgan fingerprint density at radius 1 is 1.45 bits per heavy atom. The summed E-state index contributed by atoms with van der Waals surface area (Å²) >= 11 is 0. The standard InChI is InChI=1S/C8H13O3/c1-2-11-8(10)6-4-3-5-7-9/h2-6H2,1H3. The van der Waals surface area contributed by atoms with Gasteiger partial charge in [-0.25, -0.2) is 0 Å². The van der Waals surface area contributed by atoms with E-state index in [1.54, 1.807) is 13.2 Å². The molecule has 11 heavy (non-hydrogen) atoms. The van der Waals surface area contributed by atoms with E-state index in [0.717, 1.165) is 6.42 Å². The topological polar surface area (TPSA) is 43.4 Å². The molecule has 0 aliphatic carbocycles. The lowest BCUT2D eigenvalue weighted by Gasteiger charge is -1.98. The van der Waals surface area contributed by atoms with Crippen LogP contribution in [0.5, 0.6) is 0 Å². The first kappa shape index (κ1) is 10.1. The van der Waals surface area contributed by atoms with Gasteiger partial charge in [0.2, 0.25) is 0 Å². The minimum atomic E-state index is -0.182. The van der Waals surface area contributed by atoms with Crippen LogP contribution in [-0.4, -0.2) is 18.9 Å². The average Bonchev–Trinajstić information content (AvgIpc) is 1.99. The Morgan fingerprint density at radius 2 is 2.18 bits per heavy atom. The van der Waals surface area contributed by atoms with Crippen molar-refractivity contribution in [2.24, 2.45) is 0 Å². The zero-order chi connectivity index (χ0) is 8.53.